The van der Waals surface area contributed by atoms with Gasteiger partial charge in [-0.25, -0.2) is 0 Å². The van der Waals surface area contributed by atoms with Crippen LogP contribution in [0.5, 0.6) is 5.75 Å². The summed E-state index contributed by atoms with van der Waals surface area (Å²) in [6.45, 7) is 0. The van der Waals surface area contributed by atoms with Crippen LogP contribution in [0.1, 0.15) is 5.56 Å². The smallest absolute Gasteiger partial charge is 0.116 e. The Balaban J connectivity index is 2.86. The fourth-order valence-electron chi connectivity index (χ4n) is 1.10. The number of hydrogen-bond acceptors (Lipinski definition) is 3. The maximum absolute atomic E-state index is 9.16. The molecule has 0 fully saturated rings. The quantitative estimate of drug-likeness (QED) is 0.668. The van der Waals surface area contributed by atoms with Crippen molar-refractivity contribution in [3.8, 4) is 11.8 Å². The molecule has 0 saturated heterocycles. The van der Waals surface area contributed by atoms with E-state index in [0.717, 1.165) is 10.1 Å². The topological polar surface area (TPSA) is 44.0 Å². The van der Waals surface area contributed by atoms with Crippen molar-refractivity contribution < 1.29 is 5.11 Å². The summed E-state index contributed by atoms with van der Waals surface area (Å²) >= 11 is 1.51. The Morgan fingerprint density at radius 1 is 1.42 bits per heavy atom. The minimum absolute atomic E-state index is 0.206. The number of phenols is 1. The third-order valence-electron chi connectivity index (χ3n) is 1.68. The Morgan fingerprint density at radius 2 is 2.25 bits per heavy atom. The van der Waals surface area contributed by atoms with Crippen molar-refractivity contribution in [3.63, 3.8) is 0 Å². The van der Waals surface area contributed by atoms with Crippen molar-refractivity contribution in [1.82, 2.24) is 0 Å². The molecular weight excluding hydrogens is 170 g/mol. The van der Waals surface area contributed by atoms with Crippen molar-refractivity contribution in [2.75, 3.05) is 0 Å². The molecule has 1 aromatic carbocycles. The molecule has 58 valence electrons. The predicted octanol–water partition coefficient (Wildman–Crippen LogP) is 2.48. The van der Waals surface area contributed by atoms with E-state index in [-0.39, 0.29) is 5.75 Å². The molecule has 1 heterocycles. The van der Waals surface area contributed by atoms with E-state index in [1.165, 1.54) is 11.3 Å². The molecule has 0 bridgehead atoms. The van der Waals surface area contributed by atoms with Gasteiger partial charge >= 0.3 is 0 Å². The molecule has 0 aliphatic carbocycles. The van der Waals surface area contributed by atoms with Crippen LogP contribution < -0.4 is 0 Å². The van der Waals surface area contributed by atoms with Crippen LogP contribution in [0.15, 0.2) is 23.6 Å². The fourth-order valence-corrected chi connectivity index (χ4v) is 1.97. The minimum Gasteiger partial charge on any atom is -0.508 e. The second kappa shape index (κ2) is 2.50. The van der Waals surface area contributed by atoms with Gasteiger partial charge in [-0.1, -0.05) is 0 Å². The van der Waals surface area contributed by atoms with E-state index < -0.39 is 0 Å². The monoisotopic (exact) mass is 175 g/mol. The van der Waals surface area contributed by atoms with E-state index >= 15 is 0 Å². The van der Waals surface area contributed by atoms with Gasteiger partial charge in [-0.05, 0) is 18.2 Å². The third-order valence-corrected chi connectivity index (χ3v) is 2.64. The van der Waals surface area contributed by atoms with Gasteiger partial charge in [0.25, 0.3) is 0 Å². The Kier molecular flexibility index (Phi) is 1.49. The van der Waals surface area contributed by atoms with Gasteiger partial charge in [-0.15, -0.1) is 11.3 Å². The molecule has 0 atom stereocenters. The van der Waals surface area contributed by atoms with Crippen LogP contribution >= 0.6 is 11.3 Å². The van der Waals surface area contributed by atoms with Crippen molar-refractivity contribution >= 4 is 21.4 Å². The van der Waals surface area contributed by atoms with E-state index in [1.54, 1.807) is 17.5 Å². The molecule has 2 aromatic rings. The summed E-state index contributed by atoms with van der Waals surface area (Å²) in [5, 5.41) is 20.5. The summed E-state index contributed by atoms with van der Waals surface area (Å²) in [6, 6.07) is 7.13. The van der Waals surface area contributed by atoms with Gasteiger partial charge in [-0.3, -0.25) is 0 Å². The molecule has 0 unspecified atom stereocenters. The molecule has 2 nitrogen and oxygen atoms in total. The molecule has 0 radical (unpaired) electrons. The van der Waals surface area contributed by atoms with Gasteiger partial charge < -0.3 is 5.11 Å². The number of rotatable bonds is 0. The van der Waals surface area contributed by atoms with Crippen molar-refractivity contribution in [1.29, 1.82) is 5.26 Å². The zero-order chi connectivity index (χ0) is 8.55. The summed E-state index contributed by atoms with van der Waals surface area (Å²) in [5.74, 6) is 0.206. The van der Waals surface area contributed by atoms with E-state index in [2.05, 4.69) is 6.07 Å². The van der Waals surface area contributed by atoms with Crippen LogP contribution in [0.3, 0.4) is 0 Å². The van der Waals surface area contributed by atoms with Crippen LogP contribution in [0.4, 0.5) is 0 Å². The van der Waals surface area contributed by atoms with Gasteiger partial charge in [0, 0.05) is 15.5 Å². The summed E-state index contributed by atoms with van der Waals surface area (Å²) in [5.41, 5.74) is 0.630. The van der Waals surface area contributed by atoms with E-state index in [0.29, 0.717) is 5.56 Å². The van der Waals surface area contributed by atoms with Crippen LogP contribution in [-0.4, -0.2) is 5.11 Å². The number of benzene rings is 1. The zero-order valence-electron chi connectivity index (χ0n) is 6.11. The number of thiophene rings is 1. The van der Waals surface area contributed by atoms with Crippen molar-refractivity contribution in [2.45, 2.75) is 0 Å². The largest absolute Gasteiger partial charge is 0.508 e. The minimum atomic E-state index is 0.206. The number of hydrogen-bond donors (Lipinski definition) is 1. The first kappa shape index (κ1) is 7.14. The number of nitriles is 1. The van der Waals surface area contributed by atoms with E-state index in [9.17, 15) is 0 Å². The van der Waals surface area contributed by atoms with Crippen LogP contribution in [-0.2, 0) is 0 Å². The third kappa shape index (κ3) is 0.936. The first-order valence-corrected chi connectivity index (χ1v) is 4.29. The molecule has 0 spiro atoms. The lowest BCUT2D eigenvalue weighted by Gasteiger charge is -1.91. The molecule has 2 rings (SSSR count). The summed E-state index contributed by atoms with van der Waals surface area (Å²) in [7, 11) is 0. The first-order chi connectivity index (χ1) is 5.81. The van der Waals surface area contributed by atoms with Crippen molar-refractivity contribution in [3.05, 3.63) is 29.1 Å². The average Bonchev–Trinajstić information content (AvgIpc) is 2.46. The first-order valence-electron chi connectivity index (χ1n) is 3.41. The number of aromatic hydroxyl groups is 1. The highest BCUT2D eigenvalue weighted by atomic mass is 32.1. The molecule has 0 amide bonds. The molecular formula is C9H5NOS. The molecule has 0 aliphatic heterocycles. The standard InChI is InChI=1S/C9H5NOS/c10-4-6-5-12-9-2-1-7(11)3-8(6)9/h1-3,5,11H. The Labute approximate surface area is 73.3 Å². The number of fused-ring (bicyclic) bond motifs is 1. The SMILES string of the molecule is N#Cc1csc2ccc(O)cc12. The maximum Gasteiger partial charge on any atom is 0.116 e. The lowest BCUT2D eigenvalue weighted by Crippen LogP contribution is -1.68. The highest BCUT2D eigenvalue weighted by molar-refractivity contribution is 7.17. The number of phenolic OH excluding ortho intramolecular Hbond substituents is 1. The molecule has 1 N–H and O–H groups in total. The Morgan fingerprint density at radius 3 is 3.00 bits per heavy atom. The summed E-state index contributed by atoms with van der Waals surface area (Å²) < 4.78 is 1.03. The number of nitrogens with zero attached hydrogens (tertiary/aromatic N) is 1. The highest BCUT2D eigenvalue weighted by Gasteiger charge is 2.02. The van der Waals surface area contributed by atoms with Crippen molar-refractivity contribution in [2.24, 2.45) is 0 Å². The molecule has 3 heteroatoms. The summed E-state index contributed by atoms with van der Waals surface area (Å²) in [4.78, 5) is 0. The van der Waals surface area contributed by atoms with Gasteiger partial charge in [0.1, 0.15) is 11.8 Å². The van der Waals surface area contributed by atoms with Gasteiger partial charge in [0.05, 0.1) is 5.56 Å². The van der Waals surface area contributed by atoms with Gasteiger partial charge in [0.15, 0.2) is 0 Å². The molecule has 0 aliphatic rings. The molecule has 1 aromatic heterocycles. The molecule has 0 saturated carbocycles. The van der Waals surface area contributed by atoms with Crippen LogP contribution in [0, 0.1) is 11.3 Å². The van der Waals surface area contributed by atoms with E-state index in [1.807, 2.05) is 6.07 Å². The Hall–Kier alpha value is -1.53. The normalized spacial score (nSPS) is 9.92. The fraction of sp³-hybridized carbons (Fsp3) is 0. The predicted molar refractivity (Wildman–Crippen MR) is 48.2 cm³/mol. The second-order valence-corrected chi connectivity index (χ2v) is 3.35. The van der Waals surface area contributed by atoms with Gasteiger partial charge in [0.2, 0.25) is 0 Å². The molecule has 12 heavy (non-hydrogen) atoms. The second-order valence-electron chi connectivity index (χ2n) is 2.44. The highest BCUT2D eigenvalue weighted by Crippen LogP contribution is 2.28. The summed E-state index contributed by atoms with van der Waals surface area (Å²) in [6.07, 6.45) is 0. The lowest BCUT2D eigenvalue weighted by atomic mass is 10.2. The van der Waals surface area contributed by atoms with Gasteiger partial charge in [-0.2, -0.15) is 5.26 Å². The van der Waals surface area contributed by atoms with Crippen LogP contribution in [0.25, 0.3) is 10.1 Å². The Bertz CT molecular complexity index is 467. The zero-order valence-corrected chi connectivity index (χ0v) is 6.93. The average molecular weight is 175 g/mol. The van der Waals surface area contributed by atoms with Crippen LogP contribution in [0.2, 0.25) is 0 Å². The lowest BCUT2D eigenvalue weighted by molar-refractivity contribution is 0.476. The maximum atomic E-state index is 9.16. The van der Waals surface area contributed by atoms with E-state index in [4.69, 9.17) is 10.4 Å².